The molecule has 9 nitrogen and oxygen atoms in total. The Morgan fingerprint density at radius 2 is 1.95 bits per heavy atom. The van der Waals surface area contributed by atoms with E-state index < -0.39 is 0 Å². The summed E-state index contributed by atoms with van der Waals surface area (Å²) in [5, 5.41) is 1.12. The Hall–Kier alpha value is -3.69. The van der Waals surface area contributed by atoms with Crippen LogP contribution in [-0.4, -0.2) is 80.7 Å². The Kier molecular flexibility index (Phi) is 5.98. The minimum absolute atomic E-state index is 0.0211. The SMILES string of the molecule is COc1cc(C(=O)N2CC3CCC2[C@@H]3N)cc2nc(-c3cc4ccc(C5=CCN(C)CC5)nc4n3CC3CC3)n(C)c12. The first-order valence-corrected chi connectivity index (χ1v) is 15.4. The minimum Gasteiger partial charge on any atom is -0.494 e. The number of nitrogens with two attached hydrogens (primary N) is 1. The van der Waals surface area contributed by atoms with Crippen LogP contribution in [0, 0.1) is 11.8 Å². The second-order valence-electron chi connectivity index (χ2n) is 12.9. The summed E-state index contributed by atoms with van der Waals surface area (Å²) in [7, 11) is 5.86. The van der Waals surface area contributed by atoms with E-state index >= 15 is 0 Å². The molecule has 2 saturated carbocycles. The van der Waals surface area contributed by atoms with Crippen LogP contribution in [0.3, 0.4) is 0 Å². The number of benzene rings is 1. The predicted octanol–water partition coefficient (Wildman–Crippen LogP) is 4.29. The van der Waals surface area contributed by atoms with Crippen LogP contribution in [0.5, 0.6) is 5.75 Å². The lowest BCUT2D eigenvalue weighted by atomic mass is 10.0. The van der Waals surface area contributed by atoms with E-state index in [2.05, 4.69) is 45.4 Å². The van der Waals surface area contributed by atoms with Crippen LogP contribution in [0.25, 0.3) is 39.2 Å². The standard InChI is InChI=1S/C33H39N7O2/c1-37-12-10-20(11-13-37)24-8-6-21-15-27(39(31(21)35-24)17-19-4-5-19)32-36-25-14-23(16-28(42-3)30(25)38(32)2)33(41)40-18-22-7-9-26(40)29(22)34/h6,8,10,14-16,19,22,26,29H,4-5,7,9,11-13,17-18,34H2,1-3H3/t22?,26?,29-/m1/s1. The summed E-state index contributed by atoms with van der Waals surface area (Å²) in [5.41, 5.74) is 13.1. The van der Waals surface area contributed by atoms with E-state index in [0.29, 0.717) is 23.1 Å². The van der Waals surface area contributed by atoms with E-state index in [-0.39, 0.29) is 18.0 Å². The average molecular weight is 566 g/mol. The normalized spacial score (nSPS) is 24.2. The number of carbonyl (C=O) groups is 1. The molecular weight excluding hydrogens is 526 g/mol. The fourth-order valence-corrected chi connectivity index (χ4v) is 7.50. The lowest BCUT2D eigenvalue weighted by molar-refractivity contribution is 0.0700. The first kappa shape index (κ1) is 26.0. The molecule has 2 N–H and O–H groups in total. The molecule has 0 radical (unpaired) electrons. The maximum Gasteiger partial charge on any atom is 0.254 e. The van der Waals surface area contributed by atoms with Crippen LogP contribution >= 0.6 is 0 Å². The van der Waals surface area contributed by atoms with Gasteiger partial charge in [-0.3, -0.25) is 4.79 Å². The van der Waals surface area contributed by atoms with Gasteiger partial charge in [-0.1, -0.05) is 6.08 Å². The van der Waals surface area contributed by atoms with E-state index in [9.17, 15) is 4.79 Å². The Bertz CT molecular complexity index is 1760. The zero-order valence-corrected chi connectivity index (χ0v) is 24.7. The van der Waals surface area contributed by atoms with Gasteiger partial charge in [-0.15, -0.1) is 0 Å². The van der Waals surface area contributed by atoms with Gasteiger partial charge in [0.25, 0.3) is 5.91 Å². The molecule has 42 heavy (non-hydrogen) atoms. The Morgan fingerprint density at radius 1 is 1.10 bits per heavy atom. The number of likely N-dealkylation sites (tertiary alicyclic amines) is 1. The average Bonchev–Trinajstić information content (AvgIpc) is 3.41. The molecule has 2 unspecified atom stereocenters. The molecule has 3 atom stereocenters. The third kappa shape index (κ3) is 4.08. The van der Waals surface area contributed by atoms with E-state index in [1.807, 2.05) is 24.1 Å². The topological polar surface area (TPSA) is 94.4 Å². The van der Waals surface area contributed by atoms with E-state index in [4.69, 9.17) is 20.4 Å². The fourth-order valence-electron chi connectivity index (χ4n) is 7.50. The first-order valence-electron chi connectivity index (χ1n) is 15.4. The number of rotatable bonds is 6. The van der Waals surface area contributed by atoms with E-state index in [0.717, 1.165) is 84.7 Å². The number of methoxy groups -OCH3 is 1. The number of amides is 1. The summed E-state index contributed by atoms with van der Waals surface area (Å²) in [5.74, 6) is 2.61. The number of likely N-dealkylation sites (N-methyl/N-ethyl adjacent to an activating group) is 1. The zero-order valence-electron chi connectivity index (χ0n) is 24.7. The van der Waals surface area contributed by atoms with Crippen LogP contribution in [0.4, 0.5) is 0 Å². The molecule has 4 aromatic rings. The largest absolute Gasteiger partial charge is 0.494 e. The van der Waals surface area contributed by atoms with Crippen molar-refractivity contribution in [2.24, 2.45) is 24.6 Å². The molecule has 0 spiro atoms. The van der Waals surface area contributed by atoms with Gasteiger partial charge in [0, 0.05) is 56.3 Å². The summed E-state index contributed by atoms with van der Waals surface area (Å²) in [6, 6.07) is 10.6. The van der Waals surface area contributed by atoms with Crippen molar-refractivity contribution in [1.82, 2.24) is 28.9 Å². The second kappa shape index (κ2) is 9.67. The van der Waals surface area contributed by atoms with Crippen molar-refractivity contribution in [3.05, 3.63) is 47.7 Å². The van der Waals surface area contributed by atoms with Crippen molar-refractivity contribution < 1.29 is 9.53 Å². The maximum absolute atomic E-state index is 13.7. The quantitative estimate of drug-likeness (QED) is 0.375. The molecule has 3 fully saturated rings. The van der Waals surface area contributed by atoms with Crippen molar-refractivity contribution in [2.45, 2.75) is 50.7 Å². The van der Waals surface area contributed by atoms with Crippen molar-refractivity contribution >= 4 is 33.5 Å². The van der Waals surface area contributed by atoms with Gasteiger partial charge in [0.1, 0.15) is 16.9 Å². The summed E-state index contributed by atoms with van der Waals surface area (Å²) < 4.78 is 10.3. The predicted molar refractivity (Wildman–Crippen MR) is 164 cm³/mol. The van der Waals surface area contributed by atoms with E-state index in [1.54, 1.807) is 7.11 Å². The third-order valence-corrected chi connectivity index (χ3v) is 10.2. The van der Waals surface area contributed by atoms with Crippen molar-refractivity contribution in [3.8, 4) is 17.3 Å². The molecule has 8 rings (SSSR count). The van der Waals surface area contributed by atoms with Gasteiger partial charge in [-0.05, 0) is 86.9 Å². The van der Waals surface area contributed by atoms with Gasteiger partial charge in [-0.25, -0.2) is 9.97 Å². The number of aryl methyl sites for hydroxylation is 1. The number of fused-ring (bicyclic) bond motifs is 4. The number of imidazole rings is 1. The Balaban J connectivity index is 1.22. The molecule has 1 aromatic carbocycles. The van der Waals surface area contributed by atoms with Crippen LogP contribution < -0.4 is 10.5 Å². The Morgan fingerprint density at radius 3 is 2.64 bits per heavy atom. The van der Waals surface area contributed by atoms with Crippen LogP contribution in [-0.2, 0) is 13.6 Å². The lowest BCUT2D eigenvalue weighted by Gasteiger charge is -2.27. The maximum atomic E-state index is 13.7. The first-order chi connectivity index (χ1) is 20.4. The molecule has 2 bridgehead atoms. The number of hydrogen-bond acceptors (Lipinski definition) is 6. The number of piperidine rings is 1. The lowest BCUT2D eigenvalue weighted by Crippen LogP contribution is -2.41. The van der Waals surface area contributed by atoms with Crippen molar-refractivity contribution in [1.29, 1.82) is 0 Å². The van der Waals surface area contributed by atoms with Gasteiger partial charge in [0.05, 0.1) is 24.0 Å². The molecule has 3 aromatic heterocycles. The van der Waals surface area contributed by atoms with E-state index in [1.165, 1.54) is 18.4 Å². The van der Waals surface area contributed by atoms with Crippen LogP contribution in [0.2, 0.25) is 0 Å². The van der Waals surface area contributed by atoms with Crippen LogP contribution in [0.15, 0.2) is 36.4 Å². The highest BCUT2D eigenvalue weighted by atomic mass is 16.5. The molecule has 2 aliphatic heterocycles. The highest BCUT2D eigenvalue weighted by molar-refractivity contribution is 6.00. The summed E-state index contributed by atoms with van der Waals surface area (Å²) >= 11 is 0. The summed E-state index contributed by atoms with van der Waals surface area (Å²) in [4.78, 5) is 28.4. The van der Waals surface area contributed by atoms with Gasteiger partial charge in [0.15, 0.2) is 5.82 Å². The monoisotopic (exact) mass is 565 g/mol. The third-order valence-electron chi connectivity index (χ3n) is 10.2. The molecule has 1 saturated heterocycles. The number of pyridine rings is 1. The number of hydrogen-bond donors (Lipinski definition) is 1. The van der Waals surface area contributed by atoms with Gasteiger partial charge in [0.2, 0.25) is 0 Å². The number of carbonyl (C=O) groups excluding carboxylic acids is 1. The fraction of sp³-hybridized carbons (Fsp3) is 0.485. The van der Waals surface area contributed by atoms with Gasteiger partial charge >= 0.3 is 0 Å². The zero-order chi connectivity index (χ0) is 28.7. The minimum atomic E-state index is 0.0211. The van der Waals surface area contributed by atoms with Crippen LogP contribution in [0.1, 0.15) is 48.2 Å². The summed E-state index contributed by atoms with van der Waals surface area (Å²) in [6.45, 7) is 3.68. The Labute approximate surface area is 245 Å². The highest BCUT2D eigenvalue weighted by Crippen LogP contribution is 2.40. The molecule has 4 aliphatic rings. The molecule has 218 valence electrons. The molecule has 9 heteroatoms. The molecular formula is C33H39N7O2. The van der Waals surface area contributed by atoms with Crippen molar-refractivity contribution in [3.63, 3.8) is 0 Å². The molecule has 1 amide bonds. The number of nitrogens with zero attached hydrogens (tertiary/aromatic N) is 6. The molecule has 2 aliphatic carbocycles. The molecule has 5 heterocycles. The van der Waals surface area contributed by atoms with Gasteiger partial charge < -0.3 is 29.4 Å². The van der Waals surface area contributed by atoms with Crippen molar-refractivity contribution in [2.75, 3.05) is 33.8 Å². The number of ether oxygens (including phenoxy) is 1. The number of aromatic nitrogens is 4. The highest BCUT2D eigenvalue weighted by Gasteiger charge is 2.47. The van der Waals surface area contributed by atoms with Gasteiger partial charge in [-0.2, -0.15) is 0 Å². The summed E-state index contributed by atoms with van der Waals surface area (Å²) in [6.07, 6.45) is 7.92. The smallest absolute Gasteiger partial charge is 0.254 e. The second-order valence-corrected chi connectivity index (χ2v) is 12.9.